The van der Waals surface area contributed by atoms with Crippen LogP contribution >= 0.6 is 0 Å². The Kier molecular flexibility index (Phi) is 4.30. The maximum Gasteiger partial charge on any atom is 0.190 e. The summed E-state index contributed by atoms with van der Waals surface area (Å²) >= 11 is 0. The highest BCUT2D eigenvalue weighted by atomic mass is 15.2. The lowest BCUT2D eigenvalue weighted by molar-refractivity contribution is 0.131. The van der Waals surface area contributed by atoms with Gasteiger partial charge < -0.3 is 10.6 Å². The summed E-state index contributed by atoms with van der Waals surface area (Å²) in [6.45, 7) is 4.47. The molecule has 0 bridgehead atoms. The van der Waals surface area contributed by atoms with Crippen molar-refractivity contribution in [2.45, 2.75) is 51.9 Å². The van der Waals surface area contributed by atoms with Crippen molar-refractivity contribution in [3.05, 3.63) is 0 Å². The Hall–Kier alpha value is -0.730. The van der Waals surface area contributed by atoms with Gasteiger partial charge >= 0.3 is 0 Å². The molecular formula is C14H27N3. The van der Waals surface area contributed by atoms with E-state index in [0.29, 0.717) is 5.41 Å². The Labute approximate surface area is 105 Å². The van der Waals surface area contributed by atoms with Gasteiger partial charge in [-0.25, -0.2) is 0 Å². The fourth-order valence-electron chi connectivity index (χ4n) is 2.63. The number of guanidine groups is 1. The number of nitrogens with one attached hydrogen (secondary N) is 2. The molecule has 0 aromatic heterocycles. The topological polar surface area (TPSA) is 36.4 Å². The highest BCUT2D eigenvalue weighted by Crippen LogP contribution is 2.42. The summed E-state index contributed by atoms with van der Waals surface area (Å²) in [6.07, 6.45) is 9.65. The lowest BCUT2D eigenvalue weighted by Crippen LogP contribution is -2.46. The highest BCUT2D eigenvalue weighted by Gasteiger charge is 2.34. The van der Waals surface area contributed by atoms with E-state index in [1.54, 1.807) is 0 Å². The van der Waals surface area contributed by atoms with Gasteiger partial charge in [0.2, 0.25) is 0 Å². The quantitative estimate of drug-likeness (QED) is 0.550. The van der Waals surface area contributed by atoms with E-state index in [2.05, 4.69) is 22.5 Å². The van der Waals surface area contributed by atoms with Crippen LogP contribution in [0.15, 0.2) is 4.99 Å². The fraction of sp³-hybridized carbons (Fsp3) is 0.929. The minimum atomic E-state index is 0.564. The zero-order chi connectivity index (χ0) is 12.1. The smallest absolute Gasteiger partial charge is 0.190 e. The molecule has 2 saturated carbocycles. The van der Waals surface area contributed by atoms with Crippen LogP contribution in [0.25, 0.3) is 0 Å². The molecule has 0 aromatic rings. The third-order valence-electron chi connectivity index (χ3n) is 4.56. The zero-order valence-corrected chi connectivity index (χ0v) is 11.4. The third kappa shape index (κ3) is 3.62. The van der Waals surface area contributed by atoms with E-state index in [1.807, 2.05) is 7.05 Å². The van der Waals surface area contributed by atoms with Gasteiger partial charge in [0, 0.05) is 20.1 Å². The van der Waals surface area contributed by atoms with Crippen molar-refractivity contribution in [1.29, 1.82) is 0 Å². The monoisotopic (exact) mass is 237 g/mol. The molecule has 0 spiro atoms. The summed E-state index contributed by atoms with van der Waals surface area (Å²) in [5, 5.41) is 6.92. The summed E-state index contributed by atoms with van der Waals surface area (Å²) < 4.78 is 0. The first kappa shape index (κ1) is 12.7. The minimum Gasteiger partial charge on any atom is -0.356 e. The third-order valence-corrected chi connectivity index (χ3v) is 4.56. The Bertz CT molecular complexity index is 259. The van der Waals surface area contributed by atoms with Crippen LogP contribution in [0.5, 0.6) is 0 Å². The number of aliphatic imine (C=N–C) groups is 1. The van der Waals surface area contributed by atoms with Crippen LogP contribution in [-0.2, 0) is 0 Å². The number of nitrogens with zero attached hydrogens (tertiary/aromatic N) is 1. The molecule has 0 aromatic carbocycles. The fourth-order valence-corrected chi connectivity index (χ4v) is 2.63. The maximum absolute atomic E-state index is 4.30. The second-order valence-corrected chi connectivity index (χ2v) is 5.79. The van der Waals surface area contributed by atoms with E-state index < -0.39 is 0 Å². The lowest BCUT2D eigenvalue weighted by Gasteiger charge is -2.41. The molecule has 2 aliphatic carbocycles. The molecule has 0 saturated heterocycles. The van der Waals surface area contributed by atoms with Gasteiger partial charge in [0.1, 0.15) is 0 Å². The van der Waals surface area contributed by atoms with Crippen LogP contribution in [-0.4, -0.2) is 26.1 Å². The molecule has 0 amide bonds. The Morgan fingerprint density at radius 2 is 2.06 bits per heavy atom. The molecule has 0 heterocycles. The van der Waals surface area contributed by atoms with Gasteiger partial charge in [-0.15, -0.1) is 0 Å². The average Bonchev–Trinajstić information content (AvgIpc) is 3.09. The summed E-state index contributed by atoms with van der Waals surface area (Å²) in [5.41, 5.74) is 0.564. The van der Waals surface area contributed by atoms with E-state index in [0.717, 1.165) is 25.0 Å². The van der Waals surface area contributed by atoms with E-state index in [9.17, 15) is 0 Å². The zero-order valence-electron chi connectivity index (χ0n) is 11.4. The molecule has 0 radical (unpaired) electrons. The van der Waals surface area contributed by atoms with Gasteiger partial charge in [0.05, 0.1) is 0 Å². The number of hydrogen-bond acceptors (Lipinski definition) is 1. The molecule has 0 aliphatic heterocycles. The molecule has 2 N–H and O–H groups in total. The summed E-state index contributed by atoms with van der Waals surface area (Å²) in [5.74, 6) is 1.99. The number of rotatable bonds is 6. The summed E-state index contributed by atoms with van der Waals surface area (Å²) in [7, 11) is 1.87. The van der Waals surface area contributed by atoms with Crippen LogP contribution < -0.4 is 10.6 Å². The molecule has 0 unspecified atom stereocenters. The average molecular weight is 237 g/mol. The van der Waals surface area contributed by atoms with Gasteiger partial charge in [-0.05, 0) is 37.0 Å². The molecule has 0 atom stereocenters. The van der Waals surface area contributed by atoms with Gasteiger partial charge in [-0.2, -0.15) is 0 Å². The lowest BCUT2D eigenvalue weighted by atomic mass is 9.67. The van der Waals surface area contributed by atoms with Crippen molar-refractivity contribution in [1.82, 2.24) is 10.6 Å². The van der Waals surface area contributed by atoms with E-state index in [4.69, 9.17) is 0 Å². The SMILES string of the molecule is CCC1(CNC(=NC)NCCC2CC2)CCC1. The van der Waals surface area contributed by atoms with Crippen LogP contribution in [0.1, 0.15) is 51.9 Å². The van der Waals surface area contributed by atoms with Gasteiger partial charge in [-0.3, -0.25) is 4.99 Å². The number of hydrogen-bond donors (Lipinski definition) is 2. The van der Waals surface area contributed by atoms with Gasteiger partial charge in [0.25, 0.3) is 0 Å². The second kappa shape index (κ2) is 5.74. The molecule has 17 heavy (non-hydrogen) atoms. The van der Waals surface area contributed by atoms with Crippen molar-refractivity contribution in [2.24, 2.45) is 16.3 Å². The first-order chi connectivity index (χ1) is 8.28. The van der Waals surface area contributed by atoms with E-state index in [-0.39, 0.29) is 0 Å². The highest BCUT2D eigenvalue weighted by molar-refractivity contribution is 5.79. The molecule has 2 fully saturated rings. The first-order valence-electron chi connectivity index (χ1n) is 7.22. The first-order valence-corrected chi connectivity index (χ1v) is 7.22. The summed E-state index contributed by atoms with van der Waals surface area (Å²) in [6, 6.07) is 0. The predicted octanol–water partition coefficient (Wildman–Crippen LogP) is 2.53. The minimum absolute atomic E-state index is 0.564. The van der Waals surface area contributed by atoms with Crippen molar-refractivity contribution < 1.29 is 0 Å². The van der Waals surface area contributed by atoms with Crippen molar-refractivity contribution in [3.8, 4) is 0 Å². The van der Waals surface area contributed by atoms with Crippen LogP contribution in [0.2, 0.25) is 0 Å². The van der Waals surface area contributed by atoms with E-state index >= 15 is 0 Å². The van der Waals surface area contributed by atoms with Crippen molar-refractivity contribution in [2.75, 3.05) is 20.1 Å². The molecule has 3 nitrogen and oxygen atoms in total. The molecular weight excluding hydrogens is 210 g/mol. The van der Waals surface area contributed by atoms with Crippen LogP contribution in [0.4, 0.5) is 0 Å². The van der Waals surface area contributed by atoms with E-state index in [1.165, 1.54) is 44.9 Å². The van der Waals surface area contributed by atoms with Gasteiger partial charge in [0.15, 0.2) is 5.96 Å². The van der Waals surface area contributed by atoms with Gasteiger partial charge in [-0.1, -0.05) is 26.2 Å². The Balaban J connectivity index is 1.64. The van der Waals surface area contributed by atoms with Crippen LogP contribution in [0.3, 0.4) is 0 Å². The molecule has 2 rings (SSSR count). The normalized spacial score (nSPS) is 23.1. The van der Waals surface area contributed by atoms with Crippen molar-refractivity contribution in [3.63, 3.8) is 0 Å². The molecule has 98 valence electrons. The standard InChI is InChI=1S/C14H27N3/c1-3-14(8-4-9-14)11-17-13(15-2)16-10-7-12-5-6-12/h12H,3-11H2,1-2H3,(H2,15,16,17). The predicted molar refractivity (Wildman–Crippen MR) is 73.3 cm³/mol. The molecule has 3 heteroatoms. The second-order valence-electron chi connectivity index (χ2n) is 5.79. The summed E-state index contributed by atoms with van der Waals surface area (Å²) in [4.78, 5) is 4.30. The Morgan fingerprint density at radius 3 is 2.53 bits per heavy atom. The Morgan fingerprint density at radius 1 is 1.29 bits per heavy atom. The van der Waals surface area contributed by atoms with Crippen molar-refractivity contribution >= 4 is 5.96 Å². The maximum atomic E-state index is 4.30. The molecule has 2 aliphatic rings. The largest absolute Gasteiger partial charge is 0.356 e. The van der Waals surface area contributed by atoms with Crippen LogP contribution in [0, 0.1) is 11.3 Å².